The van der Waals surface area contributed by atoms with Crippen LogP contribution in [0.25, 0.3) is 0 Å². The average molecular weight is 432 g/mol. The van der Waals surface area contributed by atoms with E-state index in [0.717, 1.165) is 11.1 Å². The van der Waals surface area contributed by atoms with Gasteiger partial charge in [0.2, 0.25) is 0 Å². The van der Waals surface area contributed by atoms with Crippen molar-refractivity contribution in [2.24, 2.45) is 4.99 Å². The lowest BCUT2D eigenvalue weighted by atomic mass is 10.1. The fraction of sp³-hybridized carbons (Fsp3) is 0.125. The van der Waals surface area contributed by atoms with Gasteiger partial charge in [0.15, 0.2) is 10.6 Å². The molecule has 31 heavy (non-hydrogen) atoms. The van der Waals surface area contributed by atoms with Crippen LogP contribution in [-0.4, -0.2) is 16.4 Å². The maximum atomic E-state index is 12.8. The summed E-state index contributed by atoms with van der Waals surface area (Å²) in [6.07, 6.45) is 3.36. The van der Waals surface area contributed by atoms with E-state index >= 15 is 0 Å². The van der Waals surface area contributed by atoms with Gasteiger partial charge in [-0.15, -0.1) is 11.3 Å². The number of amides is 2. The van der Waals surface area contributed by atoms with E-state index < -0.39 is 0 Å². The Morgan fingerprint density at radius 3 is 2.65 bits per heavy atom. The number of benzene rings is 2. The molecule has 0 aliphatic heterocycles. The molecule has 6 nitrogen and oxygen atoms in total. The van der Waals surface area contributed by atoms with Crippen molar-refractivity contribution < 1.29 is 14.0 Å². The van der Waals surface area contributed by atoms with Gasteiger partial charge in [-0.2, -0.15) is 4.99 Å². The smallest absolute Gasteiger partial charge is 0.291 e. The second-order valence-electron chi connectivity index (χ2n) is 7.18. The number of hydrogen-bond acceptors (Lipinski definition) is 4. The molecule has 2 aromatic carbocycles. The monoisotopic (exact) mass is 431 g/mol. The zero-order valence-electron chi connectivity index (χ0n) is 17.2. The lowest BCUT2D eigenvalue weighted by Crippen LogP contribution is -2.17. The topological polar surface area (TPSA) is 76.6 Å². The predicted octanol–water partition coefficient (Wildman–Crippen LogP) is 4.80. The molecule has 2 heterocycles. The molecule has 0 aliphatic rings. The number of anilines is 1. The summed E-state index contributed by atoms with van der Waals surface area (Å²) in [5.74, 6) is -0.533. The summed E-state index contributed by atoms with van der Waals surface area (Å²) in [7, 11) is 0. The number of carbonyl (C=O) groups excluding carboxylic acids is 2. The SMILES string of the molecule is Cc1ccc(Cn2ccsc2=NC(=O)c2ccc(C)c(NC(=O)c3ccco3)c2)cc1. The van der Waals surface area contributed by atoms with Gasteiger partial charge in [0.1, 0.15) is 0 Å². The Morgan fingerprint density at radius 1 is 1.10 bits per heavy atom. The van der Waals surface area contributed by atoms with Gasteiger partial charge in [-0.1, -0.05) is 35.9 Å². The lowest BCUT2D eigenvalue weighted by Gasteiger charge is -2.08. The molecule has 0 unspecified atom stereocenters. The molecule has 0 atom stereocenters. The quantitative estimate of drug-likeness (QED) is 0.493. The molecule has 4 aromatic rings. The van der Waals surface area contributed by atoms with E-state index in [0.29, 0.717) is 22.6 Å². The van der Waals surface area contributed by atoms with E-state index in [1.165, 1.54) is 23.2 Å². The summed E-state index contributed by atoms with van der Waals surface area (Å²) in [5, 5.41) is 4.69. The van der Waals surface area contributed by atoms with Crippen LogP contribution in [0.2, 0.25) is 0 Å². The normalized spacial score (nSPS) is 11.5. The maximum absolute atomic E-state index is 12.8. The number of carbonyl (C=O) groups is 2. The van der Waals surface area contributed by atoms with Gasteiger partial charge in [-0.05, 0) is 49.2 Å². The fourth-order valence-electron chi connectivity index (χ4n) is 3.03. The van der Waals surface area contributed by atoms with Crippen LogP contribution >= 0.6 is 11.3 Å². The van der Waals surface area contributed by atoms with Crippen molar-refractivity contribution in [3.63, 3.8) is 0 Å². The minimum Gasteiger partial charge on any atom is -0.459 e. The number of aryl methyl sites for hydroxylation is 2. The number of aromatic nitrogens is 1. The molecule has 2 amide bonds. The summed E-state index contributed by atoms with van der Waals surface area (Å²) in [4.78, 5) is 30.1. The molecule has 0 bridgehead atoms. The number of hydrogen-bond donors (Lipinski definition) is 1. The molecule has 4 rings (SSSR count). The largest absolute Gasteiger partial charge is 0.459 e. The summed E-state index contributed by atoms with van der Waals surface area (Å²) in [6.45, 7) is 4.54. The molecule has 2 aromatic heterocycles. The van der Waals surface area contributed by atoms with Crippen LogP contribution in [0.3, 0.4) is 0 Å². The first-order valence-corrected chi connectivity index (χ1v) is 10.6. The molecule has 0 saturated heterocycles. The zero-order chi connectivity index (χ0) is 21.8. The van der Waals surface area contributed by atoms with Crippen molar-refractivity contribution in [1.82, 2.24) is 4.57 Å². The van der Waals surface area contributed by atoms with Gasteiger partial charge >= 0.3 is 0 Å². The standard InChI is InChI=1S/C24H21N3O3S/c1-16-5-8-18(9-6-16)15-27-11-13-31-24(27)26-22(28)19-10-7-17(2)20(14-19)25-23(29)21-4-3-12-30-21/h3-14H,15H2,1-2H3,(H,25,29). The van der Waals surface area contributed by atoms with Gasteiger partial charge in [0.25, 0.3) is 11.8 Å². The van der Waals surface area contributed by atoms with Crippen LogP contribution in [0.1, 0.15) is 37.6 Å². The highest BCUT2D eigenvalue weighted by Gasteiger charge is 2.13. The minimum atomic E-state index is -0.371. The molecular weight excluding hydrogens is 410 g/mol. The van der Waals surface area contributed by atoms with Crippen LogP contribution in [0.15, 0.2) is 81.8 Å². The summed E-state index contributed by atoms with van der Waals surface area (Å²) in [6, 6.07) is 16.6. The zero-order valence-corrected chi connectivity index (χ0v) is 18.0. The first-order valence-electron chi connectivity index (χ1n) is 9.73. The van der Waals surface area contributed by atoms with Crippen molar-refractivity contribution in [2.75, 3.05) is 5.32 Å². The third-order valence-electron chi connectivity index (χ3n) is 4.81. The lowest BCUT2D eigenvalue weighted by molar-refractivity contribution is 0.0987. The van der Waals surface area contributed by atoms with Gasteiger partial charge in [0, 0.05) is 29.4 Å². The first kappa shape index (κ1) is 20.6. The highest BCUT2D eigenvalue weighted by molar-refractivity contribution is 7.07. The molecular formula is C24H21N3O3S. The number of rotatable bonds is 5. The predicted molar refractivity (Wildman–Crippen MR) is 120 cm³/mol. The number of nitrogens with one attached hydrogen (secondary N) is 1. The Bertz CT molecular complexity index is 1280. The number of thiazole rings is 1. The van der Waals surface area contributed by atoms with E-state index in [1.807, 2.05) is 30.0 Å². The molecule has 0 aliphatic carbocycles. The fourth-order valence-corrected chi connectivity index (χ4v) is 3.76. The van der Waals surface area contributed by atoms with Crippen LogP contribution in [-0.2, 0) is 6.54 Å². The number of nitrogens with zero attached hydrogens (tertiary/aromatic N) is 2. The molecule has 156 valence electrons. The van der Waals surface area contributed by atoms with Gasteiger partial charge < -0.3 is 14.3 Å². The Kier molecular flexibility index (Phi) is 5.95. The molecule has 7 heteroatoms. The minimum absolute atomic E-state index is 0.205. The van der Waals surface area contributed by atoms with Crippen molar-refractivity contribution in [3.8, 4) is 0 Å². The van der Waals surface area contributed by atoms with E-state index in [-0.39, 0.29) is 17.6 Å². The first-order chi connectivity index (χ1) is 15.0. The Morgan fingerprint density at radius 2 is 1.90 bits per heavy atom. The summed E-state index contributed by atoms with van der Waals surface area (Å²) in [5.41, 5.74) is 4.11. The van der Waals surface area contributed by atoms with Gasteiger partial charge in [-0.3, -0.25) is 9.59 Å². The third-order valence-corrected chi connectivity index (χ3v) is 5.60. The average Bonchev–Trinajstić information content (AvgIpc) is 3.44. The van der Waals surface area contributed by atoms with Crippen LogP contribution < -0.4 is 10.1 Å². The highest BCUT2D eigenvalue weighted by Crippen LogP contribution is 2.19. The number of furan rings is 1. The Hall–Kier alpha value is -3.71. The maximum Gasteiger partial charge on any atom is 0.291 e. The van der Waals surface area contributed by atoms with Crippen LogP contribution in [0.5, 0.6) is 0 Å². The summed E-state index contributed by atoms with van der Waals surface area (Å²) < 4.78 is 7.07. The van der Waals surface area contributed by atoms with Crippen molar-refractivity contribution >= 4 is 28.8 Å². The van der Waals surface area contributed by atoms with Crippen LogP contribution in [0.4, 0.5) is 5.69 Å². The van der Waals surface area contributed by atoms with E-state index in [1.54, 1.807) is 30.3 Å². The second kappa shape index (κ2) is 8.97. The Labute approximate surface area is 183 Å². The molecule has 1 N–H and O–H groups in total. The van der Waals surface area contributed by atoms with Crippen LogP contribution in [0, 0.1) is 13.8 Å². The summed E-state index contributed by atoms with van der Waals surface area (Å²) >= 11 is 1.40. The molecule has 0 spiro atoms. The van der Waals surface area contributed by atoms with Crippen molar-refractivity contribution in [2.45, 2.75) is 20.4 Å². The highest BCUT2D eigenvalue weighted by atomic mass is 32.1. The van der Waals surface area contributed by atoms with E-state index in [4.69, 9.17) is 4.42 Å². The molecule has 0 radical (unpaired) electrons. The van der Waals surface area contributed by atoms with Gasteiger partial charge in [0.05, 0.1) is 6.26 Å². The van der Waals surface area contributed by atoms with E-state index in [9.17, 15) is 9.59 Å². The van der Waals surface area contributed by atoms with Crippen molar-refractivity contribution in [1.29, 1.82) is 0 Å². The second-order valence-corrected chi connectivity index (χ2v) is 8.05. The molecule has 0 saturated carbocycles. The van der Waals surface area contributed by atoms with Gasteiger partial charge in [-0.25, -0.2) is 0 Å². The van der Waals surface area contributed by atoms with Crippen molar-refractivity contribution in [3.05, 3.63) is 105 Å². The molecule has 0 fully saturated rings. The Balaban J connectivity index is 1.56. The van der Waals surface area contributed by atoms with E-state index in [2.05, 4.69) is 34.6 Å². The third kappa shape index (κ3) is 4.90.